The van der Waals surface area contributed by atoms with E-state index in [9.17, 15) is 4.79 Å². The molecule has 21 heavy (non-hydrogen) atoms. The molecule has 0 radical (unpaired) electrons. The molecule has 5 nitrogen and oxygen atoms in total. The Balaban J connectivity index is 2.25. The molecule has 108 valence electrons. The number of carbonyl (C=O) groups excluding carboxylic acids is 1. The number of pyridine rings is 1. The van der Waals surface area contributed by atoms with Gasteiger partial charge in [0.15, 0.2) is 0 Å². The van der Waals surface area contributed by atoms with E-state index in [2.05, 4.69) is 16.8 Å². The fourth-order valence-corrected chi connectivity index (χ4v) is 1.90. The number of nitrogens with zero attached hydrogens (tertiary/aromatic N) is 2. The van der Waals surface area contributed by atoms with E-state index in [1.807, 2.05) is 13.0 Å². The van der Waals surface area contributed by atoms with Crippen LogP contribution in [0.25, 0.3) is 0 Å². The van der Waals surface area contributed by atoms with Crippen molar-refractivity contribution in [1.82, 2.24) is 9.88 Å². The zero-order chi connectivity index (χ0) is 15.1. The number of furan rings is 1. The summed E-state index contributed by atoms with van der Waals surface area (Å²) in [6.07, 6.45) is 4.66. The van der Waals surface area contributed by atoms with Gasteiger partial charge in [-0.1, -0.05) is 11.8 Å². The van der Waals surface area contributed by atoms with Gasteiger partial charge in [0.05, 0.1) is 23.9 Å². The first-order valence-corrected chi connectivity index (χ1v) is 6.61. The summed E-state index contributed by atoms with van der Waals surface area (Å²) in [4.78, 5) is 18.2. The van der Waals surface area contributed by atoms with Crippen LogP contribution in [0.3, 0.4) is 0 Å². The summed E-state index contributed by atoms with van der Waals surface area (Å²) in [5.74, 6) is 5.87. The normalized spacial score (nSPS) is 9.81. The molecule has 2 rings (SSSR count). The van der Waals surface area contributed by atoms with Gasteiger partial charge in [-0.2, -0.15) is 0 Å². The fraction of sp³-hybridized carbons (Fsp3) is 0.250. The number of rotatable bonds is 4. The monoisotopic (exact) mass is 284 g/mol. The molecule has 1 N–H and O–H groups in total. The van der Waals surface area contributed by atoms with Gasteiger partial charge in [0.25, 0.3) is 5.91 Å². The van der Waals surface area contributed by atoms with Crippen molar-refractivity contribution >= 4 is 5.91 Å². The van der Waals surface area contributed by atoms with Crippen molar-refractivity contribution in [3.63, 3.8) is 0 Å². The summed E-state index contributed by atoms with van der Waals surface area (Å²) < 4.78 is 5.28. The molecule has 2 heterocycles. The first kappa shape index (κ1) is 14.8. The van der Waals surface area contributed by atoms with Gasteiger partial charge in [-0.15, -0.1) is 0 Å². The maximum Gasteiger partial charge on any atom is 0.255 e. The molecule has 0 spiro atoms. The van der Waals surface area contributed by atoms with Crippen LogP contribution in [-0.2, 0) is 6.54 Å². The molecule has 0 aliphatic rings. The van der Waals surface area contributed by atoms with Gasteiger partial charge >= 0.3 is 0 Å². The van der Waals surface area contributed by atoms with Gasteiger partial charge in [0, 0.05) is 18.9 Å². The summed E-state index contributed by atoms with van der Waals surface area (Å²) in [7, 11) is 0. The second kappa shape index (κ2) is 7.27. The molecule has 2 aromatic rings. The van der Waals surface area contributed by atoms with E-state index in [1.165, 1.54) is 6.20 Å². The summed E-state index contributed by atoms with van der Waals surface area (Å²) in [6.45, 7) is 2.60. The topological polar surface area (TPSA) is 66.6 Å². The Kier molecular flexibility index (Phi) is 5.13. The molecule has 0 aliphatic heterocycles. The average Bonchev–Trinajstić information content (AvgIpc) is 3.03. The molecule has 5 heteroatoms. The highest BCUT2D eigenvalue weighted by Gasteiger charge is 2.18. The SMILES string of the molecule is CCN(Cc1ccco1)C(=O)c1ccncc1C#CCO. The average molecular weight is 284 g/mol. The second-order valence-electron chi connectivity index (χ2n) is 4.28. The van der Waals surface area contributed by atoms with E-state index in [0.29, 0.717) is 24.2 Å². The predicted octanol–water partition coefficient (Wildman–Crippen LogP) is 1.68. The highest BCUT2D eigenvalue weighted by atomic mass is 16.3. The van der Waals surface area contributed by atoms with E-state index in [1.54, 1.807) is 29.5 Å². The first-order valence-electron chi connectivity index (χ1n) is 6.61. The minimum Gasteiger partial charge on any atom is -0.467 e. The number of carbonyl (C=O) groups is 1. The van der Waals surface area contributed by atoms with E-state index in [4.69, 9.17) is 9.52 Å². The first-order chi connectivity index (χ1) is 10.3. The Hall–Kier alpha value is -2.58. The molecule has 0 aromatic carbocycles. The molecule has 0 atom stereocenters. The zero-order valence-electron chi connectivity index (χ0n) is 11.7. The van der Waals surface area contributed by atoms with Crippen LogP contribution >= 0.6 is 0 Å². The van der Waals surface area contributed by atoms with Crippen LogP contribution in [0.15, 0.2) is 41.3 Å². The van der Waals surface area contributed by atoms with Crippen LogP contribution in [-0.4, -0.2) is 34.0 Å². The van der Waals surface area contributed by atoms with Crippen molar-refractivity contribution in [1.29, 1.82) is 0 Å². The van der Waals surface area contributed by atoms with Crippen LogP contribution in [0.5, 0.6) is 0 Å². The molecule has 2 aromatic heterocycles. The number of hydrogen-bond donors (Lipinski definition) is 1. The molecule has 1 amide bonds. The molecule has 0 bridgehead atoms. The summed E-state index contributed by atoms with van der Waals surface area (Å²) in [6, 6.07) is 5.25. The van der Waals surface area contributed by atoms with E-state index >= 15 is 0 Å². The second-order valence-corrected chi connectivity index (χ2v) is 4.28. The van der Waals surface area contributed by atoms with E-state index < -0.39 is 0 Å². The fourth-order valence-electron chi connectivity index (χ4n) is 1.90. The number of aliphatic hydroxyl groups excluding tert-OH is 1. The molecule has 0 fully saturated rings. The molecular formula is C16H16N2O3. The molecule has 0 saturated heterocycles. The van der Waals surface area contributed by atoms with Crippen LogP contribution in [0, 0.1) is 11.8 Å². The van der Waals surface area contributed by atoms with Gasteiger partial charge < -0.3 is 14.4 Å². The third kappa shape index (κ3) is 3.71. The standard InChI is InChI=1S/C16H16N2O3/c1-2-18(12-14-6-4-10-21-14)16(20)15-7-8-17-11-13(15)5-3-9-19/h4,6-8,10-11,19H,2,9,12H2,1H3. The van der Waals surface area contributed by atoms with Gasteiger partial charge in [-0.05, 0) is 25.1 Å². The number of aromatic nitrogens is 1. The summed E-state index contributed by atoms with van der Waals surface area (Å²) >= 11 is 0. The third-order valence-corrected chi connectivity index (χ3v) is 2.95. The van der Waals surface area contributed by atoms with Crippen LogP contribution in [0.1, 0.15) is 28.6 Å². The predicted molar refractivity (Wildman–Crippen MR) is 77.3 cm³/mol. The third-order valence-electron chi connectivity index (χ3n) is 2.95. The van der Waals surface area contributed by atoms with Crippen LogP contribution in [0.2, 0.25) is 0 Å². The van der Waals surface area contributed by atoms with Gasteiger partial charge in [0.1, 0.15) is 12.4 Å². The van der Waals surface area contributed by atoms with Crippen molar-refractivity contribution < 1.29 is 14.3 Å². The number of amides is 1. The lowest BCUT2D eigenvalue weighted by Gasteiger charge is -2.20. The van der Waals surface area contributed by atoms with Crippen LogP contribution < -0.4 is 0 Å². The minimum atomic E-state index is -0.258. The number of aliphatic hydroxyl groups is 1. The highest BCUT2D eigenvalue weighted by molar-refractivity contribution is 5.96. The molecule has 0 aliphatic carbocycles. The van der Waals surface area contributed by atoms with E-state index in [0.717, 1.165) is 5.76 Å². The Bertz CT molecular complexity index is 654. The maximum atomic E-state index is 12.6. The molecular weight excluding hydrogens is 268 g/mol. The highest BCUT2D eigenvalue weighted by Crippen LogP contribution is 2.13. The largest absolute Gasteiger partial charge is 0.467 e. The quantitative estimate of drug-likeness (QED) is 0.867. The Morgan fingerprint density at radius 3 is 3.00 bits per heavy atom. The smallest absolute Gasteiger partial charge is 0.255 e. The Morgan fingerprint density at radius 2 is 2.33 bits per heavy atom. The van der Waals surface area contributed by atoms with Crippen LogP contribution in [0.4, 0.5) is 0 Å². The summed E-state index contributed by atoms with van der Waals surface area (Å²) in [5.41, 5.74) is 0.980. The van der Waals surface area contributed by atoms with Gasteiger partial charge in [-0.3, -0.25) is 9.78 Å². The number of hydrogen-bond acceptors (Lipinski definition) is 4. The summed E-state index contributed by atoms with van der Waals surface area (Å²) in [5, 5.41) is 8.78. The van der Waals surface area contributed by atoms with Crippen molar-refractivity contribution in [2.75, 3.05) is 13.2 Å². The van der Waals surface area contributed by atoms with Crippen molar-refractivity contribution in [3.8, 4) is 11.8 Å². The van der Waals surface area contributed by atoms with E-state index in [-0.39, 0.29) is 12.5 Å². The maximum absolute atomic E-state index is 12.6. The molecule has 0 saturated carbocycles. The molecule has 0 unspecified atom stereocenters. The Morgan fingerprint density at radius 1 is 1.48 bits per heavy atom. The van der Waals surface area contributed by atoms with Crippen molar-refractivity contribution in [3.05, 3.63) is 53.7 Å². The lowest BCUT2D eigenvalue weighted by atomic mass is 10.1. The van der Waals surface area contributed by atoms with Gasteiger partial charge in [0.2, 0.25) is 0 Å². The lowest BCUT2D eigenvalue weighted by Crippen LogP contribution is -2.30. The Labute approximate surface area is 123 Å². The van der Waals surface area contributed by atoms with Crippen molar-refractivity contribution in [2.24, 2.45) is 0 Å². The lowest BCUT2D eigenvalue weighted by molar-refractivity contribution is 0.0741. The zero-order valence-corrected chi connectivity index (χ0v) is 11.7. The van der Waals surface area contributed by atoms with Gasteiger partial charge in [-0.25, -0.2) is 0 Å². The minimum absolute atomic E-state index is 0.140. The van der Waals surface area contributed by atoms with Crippen molar-refractivity contribution in [2.45, 2.75) is 13.5 Å².